The lowest BCUT2D eigenvalue weighted by molar-refractivity contribution is -0.137. The van der Waals surface area contributed by atoms with Gasteiger partial charge in [0.15, 0.2) is 0 Å². The molecule has 0 N–H and O–H groups in total. The maximum Gasteiger partial charge on any atom is 0.354 e. The standard InChI is InChI=1S/C18H20N2O3/c21-17-12-11-16(19-20(17)15-9-5-2-6-10-15)18(22)23-13-14-7-3-1-4-8-14/h1-3,5-6,9-10,14H,4,7-8,11-13H2. The van der Waals surface area contributed by atoms with Crippen LogP contribution in [0.2, 0.25) is 0 Å². The van der Waals surface area contributed by atoms with Crippen molar-refractivity contribution in [2.24, 2.45) is 11.0 Å². The van der Waals surface area contributed by atoms with Crippen molar-refractivity contribution in [1.29, 1.82) is 0 Å². The predicted octanol–water partition coefficient (Wildman–Crippen LogP) is 3.07. The van der Waals surface area contributed by atoms with Crippen LogP contribution in [-0.4, -0.2) is 24.2 Å². The van der Waals surface area contributed by atoms with E-state index in [1.165, 1.54) is 5.01 Å². The summed E-state index contributed by atoms with van der Waals surface area (Å²) in [5.74, 6) is -0.127. The molecule has 0 saturated heterocycles. The number of para-hydroxylation sites is 1. The Morgan fingerprint density at radius 2 is 2.04 bits per heavy atom. The highest BCUT2D eigenvalue weighted by Crippen LogP contribution is 2.21. The normalized spacial score (nSPS) is 21.0. The van der Waals surface area contributed by atoms with Gasteiger partial charge in [-0.1, -0.05) is 30.4 Å². The summed E-state index contributed by atoms with van der Waals surface area (Å²) >= 11 is 0. The summed E-state index contributed by atoms with van der Waals surface area (Å²) in [6, 6.07) is 9.13. The Morgan fingerprint density at radius 1 is 1.22 bits per heavy atom. The van der Waals surface area contributed by atoms with Crippen molar-refractivity contribution in [1.82, 2.24) is 0 Å². The third-order valence-electron chi connectivity index (χ3n) is 4.10. The van der Waals surface area contributed by atoms with Gasteiger partial charge in [-0.25, -0.2) is 9.80 Å². The van der Waals surface area contributed by atoms with Gasteiger partial charge in [0.2, 0.25) is 5.91 Å². The van der Waals surface area contributed by atoms with E-state index in [1.54, 1.807) is 12.1 Å². The molecule has 1 aliphatic heterocycles. The number of hydrazone groups is 1. The molecule has 1 unspecified atom stereocenters. The summed E-state index contributed by atoms with van der Waals surface area (Å²) in [7, 11) is 0. The lowest BCUT2D eigenvalue weighted by Crippen LogP contribution is -2.35. The van der Waals surface area contributed by atoms with Gasteiger partial charge in [0, 0.05) is 12.8 Å². The van der Waals surface area contributed by atoms with Crippen LogP contribution in [0.3, 0.4) is 0 Å². The zero-order valence-corrected chi connectivity index (χ0v) is 13.0. The number of anilines is 1. The number of benzene rings is 1. The molecule has 5 nitrogen and oxygen atoms in total. The summed E-state index contributed by atoms with van der Waals surface area (Å²) in [4.78, 5) is 24.2. The van der Waals surface area contributed by atoms with Gasteiger partial charge < -0.3 is 4.74 Å². The van der Waals surface area contributed by atoms with E-state index in [0.29, 0.717) is 30.3 Å². The lowest BCUT2D eigenvalue weighted by atomic mass is 9.95. The molecule has 3 rings (SSSR count). The summed E-state index contributed by atoms with van der Waals surface area (Å²) in [6.45, 7) is 0.418. The highest BCUT2D eigenvalue weighted by atomic mass is 16.5. The Balaban J connectivity index is 1.65. The molecule has 2 aliphatic rings. The molecule has 1 atom stereocenters. The van der Waals surface area contributed by atoms with Gasteiger partial charge in [0.05, 0.1) is 12.3 Å². The molecule has 1 heterocycles. The highest BCUT2D eigenvalue weighted by Gasteiger charge is 2.26. The van der Waals surface area contributed by atoms with Gasteiger partial charge in [0.1, 0.15) is 5.71 Å². The molecule has 0 saturated carbocycles. The Labute approximate surface area is 135 Å². The van der Waals surface area contributed by atoms with Crippen LogP contribution in [0.5, 0.6) is 0 Å². The van der Waals surface area contributed by atoms with E-state index in [1.807, 2.05) is 18.2 Å². The van der Waals surface area contributed by atoms with Crippen LogP contribution >= 0.6 is 0 Å². The number of nitrogens with zero attached hydrogens (tertiary/aromatic N) is 2. The number of ether oxygens (including phenoxy) is 1. The van der Waals surface area contributed by atoms with Crippen LogP contribution < -0.4 is 5.01 Å². The average Bonchev–Trinajstić information content (AvgIpc) is 2.62. The van der Waals surface area contributed by atoms with Gasteiger partial charge in [-0.3, -0.25) is 4.79 Å². The van der Waals surface area contributed by atoms with Gasteiger partial charge in [-0.15, -0.1) is 0 Å². The lowest BCUT2D eigenvalue weighted by Gasteiger charge is -2.23. The van der Waals surface area contributed by atoms with Gasteiger partial charge in [-0.05, 0) is 37.3 Å². The van der Waals surface area contributed by atoms with Crippen LogP contribution in [0.25, 0.3) is 0 Å². The van der Waals surface area contributed by atoms with Crippen molar-refractivity contribution >= 4 is 23.3 Å². The van der Waals surface area contributed by atoms with Crippen LogP contribution in [-0.2, 0) is 14.3 Å². The Kier molecular flexibility index (Phi) is 4.86. The maximum absolute atomic E-state index is 12.2. The molecular weight excluding hydrogens is 292 g/mol. The molecule has 120 valence electrons. The van der Waals surface area contributed by atoms with Gasteiger partial charge in [0.25, 0.3) is 0 Å². The fraction of sp³-hybridized carbons (Fsp3) is 0.389. The first-order chi connectivity index (χ1) is 11.2. The number of esters is 1. The molecule has 0 aromatic heterocycles. The van der Waals surface area contributed by atoms with Crippen molar-refractivity contribution in [2.45, 2.75) is 32.1 Å². The molecule has 0 fully saturated rings. The average molecular weight is 312 g/mol. The summed E-state index contributed by atoms with van der Waals surface area (Å²) in [5.41, 5.74) is 0.986. The Hall–Kier alpha value is -2.43. The van der Waals surface area contributed by atoms with E-state index in [-0.39, 0.29) is 12.3 Å². The molecule has 1 amide bonds. The van der Waals surface area contributed by atoms with Crippen LogP contribution in [0, 0.1) is 5.92 Å². The second-order valence-corrected chi connectivity index (χ2v) is 5.84. The molecule has 0 bridgehead atoms. The second-order valence-electron chi connectivity index (χ2n) is 5.84. The quantitative estimate of drug-likeness (QED) is 0.634. The minimum atomic E-state index is -0.409. The monoisotopic (exact) mass is 312 g/mol. The fourth-order valence-corrected chi connectivity index (χ4v) is 2.76. The summed E-state index contributed by atoms with van der Waals surface area (Å²) in [5, 5.41) is 5.50. The van der Waals surface area contributed by atoms with Gasteiger partial charge in [-0.2, -0.15) is 5.10 Å². The minimum Gasteiger partial charge on any atom is -0.461 e. The van der Waals surface area contributed by atoms with Crippen molar-refractivity contribution in [3.05, 3.63) is 42.5 Å². The van der Waals surface area contributed by atoms with E-state index >= 15 is 0 Å². The smallest absolute Gasteiger partial charge is 0.354 e. The van der Waals surface area contributed by atoms with E-state index in [2.05, 4.69) is 17.3 Å². The number of allylic oxidation sites excluding steroid dienone is 2. The minimum absolute atomic E-state index is 0.106. The summed E-state index contributed by atoms with van der Waals surface area (Å²) < 4.78 is 5.40. The van der Waals surface area contributed by atoms with E-state index < -0.39 is 5.97 Å². The third-order valence-corrected chi connectivity index (χ3v) is 4.10. The number of carbonyl (C=O) groups is 2. The molecule has 23 heavy (non-hydrogen) atoms. The van der Waals surface area contributed by atoms with Crippen molar-refractivity contribution < 1.29 is 14.3 Å². The van der Waals surface area contributed by atoms with E-state index in [0.717, 1.165) is 19.3 Å². The topological polar surface area (TPSA) is 59.0 Å². The molecular formula is C18H20N2O3. The first-order valence-corrected chi connectivity index (χ1v) is 8.01. The Morgan fingerprint density at radius 3 is 2.78 bits per heavy atom. The number of amides is 1. The third kappa shape index (κ3) is 3.86. The number of rotatable bonds is 4. The Bertz CT molecular complexity index is 637. The molecule has 5 heteroatoms. The van der Waals surface area contributed by atoms with E-state index in [9.17, 15) is 9.59 Å². The zero-order valence-electron chi connectivity index (χ0n) is 13.0. The van der Waals surface area contributed by atoms with Crippen LogP contribution in [0.1, 0.15) is 32.1 Å². The van der Waals surface area contributed by atoms with Crippen molar-refractivity contribution in [3.63, 3.8) is 0 Å². The molecule has 0 radical (unpaired) electrons. The van der Waals surface area contributed by atoms with Crippen molar-refractivity contribution in [2.75, 3.05) is 11.6 Å². The number of hydrogen-bond acceptors (Lipinski definition) is 4. The van der Waals surface area contributed by atoms with Crippen LogP contribution in [0.15, 0.2) is 47.6 Å². The van der Waals surface area contributed by atoms with Crippen molar-refractivity contribution in [3.8, 4) is 0 Å². The van der Waals surface area contributed by atoms with E-state index in [4.69, 9.17) is 4.74 Å². The largest absolute Gasteiger partial charge is 0.461 e. The van der Waals surface area contributed by atoms with Crippen LogP contribution in [0.4, 0.5) is 5.69 Å². The first kappa shape index (κ1) is 15.5. The molecule has 0 spiro atoms. The molecule has 1 aromatic rings. The predicted molar refractivity (Wildman–Crippen MR) is 88.0 cm³/mol. The zero-order chi connectivity index (χ0) is 16.1. The molecule has 1 aromatic carbocycles. The summed E-state index contributed by atoms with van der Waals surface area (Å²) in [6.07, 6.45) is 7.95. The fourth-order valence-electron chi connectivity index (χ4n) is 2.76. The second kappa shape index (κ2) is 7.22. The SMILES string of the molecule is O=C(OCC1CC=CCC1)C1=NN(c2ccccc2)C(=O)CC1. The maximum atomic E-state index is 12.2. The number of hydrogen-bond donors (Lipinski definition) is 0. The number of carbonyl (C=O) groups excluding carboxylic acids is 2. The first-order valence-electron chi connectivity index (χ1n) is 8.01. The van der Waals surface area contributed by atoms with Gasteiger partial charge >= 0.3 is 5.97 Å². The highest BCUT2D eigenvalue weighted by molar-refractivity contribution is 6.38. The molecule has 1 aliphatic carbocycles.